The highest BCUT2D eigenvalue weighted by atomic mass is 32.2. The molecule has 1 heterocycles. The second-order valence-electron chi connectivity index (χ2n) is 2.87. The van der Waals surface area contributed by atoms with Crippen molar-refractivity contribution >= 4 is 11.8 Å². The van der Waals surface area contributed by atoms with E-state index in [2.05, 4.69) is 11.8 Å². The first-order valence-corrected chi connectivity index (χ1v) is 5.46. The molecule has 0 aliphatic carbocycles. The summed E-state index contributed by atoms with van der Waals surface area (Å²) >= 11 is 2.03. The van der Waals surface area contributed by atoms with E-state index >= 15 is 0 Å². The van der Waals surface area contributed by atoms with Gasteiger partial charge in [-0.3, -0.25) is 4.90 Å². The first-order valence-electron chi connectivity index (χ1n) is 4.31. The van der Waals surface area contributed by atoms with Crippen LogP contribution in [-0.2, 0) is 0 Å². The van der Waals surface area contributed by atoms with Crippen LogP contribution in [0.2, 0.25) is 0 Å². The topological polar surface area (TPSA) is 23.5 Å². The molecule has 0 aromatic rings. The summed E-state index contributed by atoms with van der Waals surface area (Å²) in [5, 5.41) is 8.78. The lowest BCUT2D eigenvalue weighted by Crippen LogP contribution is -2.37. The number of hydrogen-bond acceptors (Lipinski definition) is 3. The second-order valence-corrected chi connectivity index (χ2v) is 4.02. The van der Waals surface area contributed by atoms with Crippen LogP contribution in [0.5, 0.6) is 0 Å². The summed E-state index contributed by atoms with van der Waals surface area (Å²) in [6, 6.07) is 0.733. The average molecular weight is 175 g/mol. The van der Waals surface area contributed by atoms with Gasteiger partial charge in [0.15, 0.2) is 0 Å². The highest BCUT2D eigenvalue weighted by molar-refractivity contribution is 7.99. The zero-order chi connectivity index (χ0) is 8.10. The monoisotopic (exact) mass is 175 g/mol. The van der Waals surface area contributed by atoms with Crippen LogP contribution in [-0.4, -0.2) is 47.3 Å². The van der Waals surface area contributed by atoms with Gasteiger partial charge in [0.05, 0.1) is 6.61 Å². The van der Waals surface area contributed by atoms with E-state index in [1.807, 2.05) is 11.8 Å². The third kappa shape index (κ3) is 2.65. The number of rotatable bonds is 4. The van der Waals surface area contributed by atoms with Gasteiger partial charge in [-0.1, -0.05) is 6.92 Å². The van der Waals surface area contributed by atoms with Gasteiger partial charge in [-0.2, -0.15) is 11.8 Å². The largest absolute Gasteiger partial charge is 0.395 e. The van der Waals surface area contributed by atoms with Crippen molar-refractivity contribution in [3.8, 4) is 0 Å². The quantitative estimate of drug-likeness (QED) is 0.684. The van der Waals surface area contributed by atoms with Gasteiger partial charge in [0.2, 0.25) is 0 Å². The van der Waals surface area contributed by atoms with E-state index in [1.165, 1.54) is 17.9 Å². The zero-order valence-corrected chi connectivity index (χ0v) is 7.94. The van der Waals surface area contributed by atoms with Gasteiger partial charge in [-0.25, -0.2) is 0 Å². The molecule has 0 bridgehead atoms. The molecule has 0 amide bonds. The number of nitrogens with zero attached hydrogens (tertiary/aromatic N) is 1. The van der Waals surface area contributed by atoms with E-state index < -0.39 is 0 Å². The van der Waals surface area contributed by atoms with Gasteiger partial charge >= 0.3 is 0 Å². The molecule has 11 heavy (non-hydrogen) atoms. The highest BCUT2D eigenvalue weighted by Crippen LogP contribution is 2.21. The summed E-state index contributed by atoms with van der Waals surface area (Å²) in [7, 11) is 0. The van der Waals surface area contributed by atoms with Crippen molar-refractivity contribution in [2.75, 3.05) is 31.2 Å². The minimum absolute atomic E-state index is 0.301. The lowest BCUT2D eigenvalue weighted by atomic mass is 10.2. The van der Waals surface area contributed by atoms with Gasteiger partial charge in [-0.15, -0.1) is 0 Å². The Kier molecular flexibility index (Phi) is 4.26. The summed E-state index contributed by atoms with van der Waals surface area (Å²) in [6.07, 6.45) is 1.30. The van der Waals surface area contributed by atoms with E-state index in [0.29, 0.717) is 6.61 Å². The lowest BCUT2D eigenvalue weighted by molar-refractivity contribution is 0.167. The number of aliphatic hydroxyl groups excluding tert-OH is 1. The van der Waals surface area contributed by atoms with E-state index in [0.717, 1.165) is 19.1 Å². The molecule has 0 spiro atoms. The fourth-order valence-electron chi connectivity index (χ4n) is 1.54. The first kappa shape index (κ1) is 9.36. The molecule has 0 radical (unpaired) electrons. The highest BCUT2D eigenvalue weighted by Gasteiger charge is 2.20. The number of aliphatic hydroxyl groups is 1. The Labute approximate surface area is 73.0 Å². The molecule has 1 N–H and O–H groups in total. The first-order chi connectivity index (χ1) is 5.38. The van der Waals surface area contributed by atoms with Crippen LogP contribution in [0.4, 0.5) is 0 Å². The molecule has 1 atom stereocenters. The van der Waals surface area contributed by atoms with Gasteiger partial charge in [0.1, 0.15) is 0 Å². The fraction of sp³-hybridized carbons (Fsp3) is 1.00. The minimum atomic E-state index is 0.301. The zero-order valence-electron chi connectivity index (χ0n) is 7.12. The van der Waals surface area contributed by atoms with Crippen molar-refractivity contribution in [3.63, 3.8) is 0 Å². The molecule has 1 aliphatic heterocycles. The summed E-state index contributed by atoms with van der Waals surface area (Å²) in [5.74, 6) is 2.56. The normalized spacial score (nSPS) is 24.8. The number of likely N-dealkylation sites (N-methyl/N-ethyl adjacent to an activating group) is 1. The molecule has 1 aliphatic rings. The Bertz CT molecular complexity index is 104. The van der Waals surface area contributed by atoms with Crippen molar-refractivity contribution in [1.82, 2.24) is 4.90 Å². The number of thioether (sulfide) groups is 1. The van der Waals surface area contributed by atoms with E-state index in [9.17, 15) is 0 Å². The molecule has 0 aromatic carbocycles. The van der Waals surface area contributed by atoms with Crippen molar-refractivity contribution in [1.29, 1.82) is 0 Å². The molecule has 3 heteroatoms. The van der Waals surface area contributed by atoms with Gasteiger partial charge < -0.3 is 5.11 Å². The molecule has 0 unspecified atom stereocenters. The fourth-order valence-corrected chi connectivity index (χ4v) is 2.79. The lowest BCUT2D eigenvalue weighted by Gasteiger charge is -2.25. The summed E-state index contributed by atoms with van der Waals surface area (Å²) in [4.78, 5) is 2.38. The molecule has 2 nitrogen and oxygen atoms in total. The van der Waals surface area contributed by atoms with Crippen LogP contribution in [0, 0.1) is 0 Å². The van der Waals surface area contributed by atoms with Crippen molar-refractivity contribution in [2.24, 2.45) is 0 Å². The van der Waals surface area contributed by atoms with Crippen LogP contribution < -0.4 is 0 Å². The standard InChI is InChI=1S/C8H17NOS/c1-2-9(4-5-10)8-3-6-11-7-8/h8,10H,2-7H2,1H3/t8-/m0/s1. The van der Waals surface area contributed by atoms with E-state index in [4.69, 9.17) is 5.11 Å². The molecule has 1 saturated heterocycles. The van der Waals surface area contributed by atoms with Gasteiger partial charge in [-0.05, 0) is 18.7 Å². The summed E-state index contributed by atoms with van der Waals surface area (Å²) in [6.45, 7) is 4.39. The Morgan fingerprint density at radius 2 is 2.45 bits per heavy atom. The minimum Gasteiger partial charge on any atom is -0.395 e. The molecule has 0 saturated carbocycles. The Morgan fingerprint density at radius 1 is 1.64 bits per heavy atom. The Hall–Kier alpha value is 0.270. The smallest absolute Gasteiger partial charge is 0.0558 e. The maximum Gasteiger partial charge on any atom is 0.0558 e. The van der Waals surface area contributed by atoms with Crippen LogP contribution in [0.25, 0.3) is 0 Å². The van der Waals surface area contributed by atoms with Gasteiger partial charge in [0, 0.05) is 18.3 Å². The molecule has 66 valence electrons. The average Bonchev–Trinajstić information content (AvgIpc) is 2.52. The third-order valence-corrected chi connectivity index (χ3v) is 3.36. The van der Waals surface area contributed by atoms with E-state index in [1.54, 1.807) is 0 Å². The van der Waals surface area contributed by atoms with Crippen molar-refractivity contribution in [3.05, 3.63) is 0 Å². The van der Waals surface area contributed by atoms with Crippen LogP contribution in [0.3, 0.4) is 0 Å². The predicted molar refractivity (Wildman–Crippen MR) is 50.1 cm³/mol. The Balaban J connectivity index is 2.27. The molecule has 1 rings (SSSR count). The van der Waals surface area contributed by atoms with Crippen LogP contribution >= 0.6 is 11.8 Å². The number of hydrogen-bond donors (Lipinski definition) is 1. The second kappa shape index (κ2) is 5.01. The maximum atomic E-state index is 8.78. The van der Waals surface area contributed by atoms with Crippen molar-refractivity contribution < 1.29 is 5.11 Å². The van der Waals surface area contributed by atoms with Crippen molar-refractivity contribution in [2.45, 2.75) is 19.4 Å². The molecular formula is C8H17NOS. The third-order valence-electron chi connectivity index (χ3n) is 2.22. The Morgan fingerprint density at radius 3 is 2.91 bits per heavy atom. The van der Waals surface area contributed by atoms with E-state index in [-0.39, 0.29) is 0 Å². The van der Waals surface area contributed by atoms with Crippen LogP contribution in [0.1, 0.15) is 13.3 Å². The van der Waals surface area contributed by atoms with Gasteiger partial charge in [0.25, 0.3) is 0 Å². The summed E-state index contributed by atoms with van der Waals surface area (Å²) < 4.78 is 0. The molecular weight excluding hydrogens is 158 g/mol. The molecule has 0 aromatic heterocycles. The van der Waals surface area contributed by atoms with Crippen LogP contribution in [0.15, 0.2) is 0 Å². The molecule has 1 fully saturated rings. The SMILES string of the molecule is CCN(CCO)[C@H]1CCSC1. The summed E-state index contributed by atoms with van der Waals surface area (Å²) in [5.41, 5.74) is 0. The predicted octanol–water partition coefficient (Wildman–Crippen LogP) is 0.806. The maximum absolute atomic E-state index is 8.78.